The lowest BCUT2D eigenvalue weighted by molar-refractivity contribution is 0.470. The van der Waals surface area contributed by atoms with Crippen molar-refractivity contribution in [3.63, 3.8) is 0 Å². The lowest BCUT2D eigenvalue weighted by atomic mass is 10.2. The Morgan fingerprint density at radius 1 is 1.64 bits per heavy atom. The Morgan fingerprint density at radius 2 is 2.36 bits per heavy atom. The summed E-state index contributed by atoms with van der Waals surface area (Å²) >= 11 is 0. The van der Waals surface area contributed by atoms with E-state index in [1.807, 2.05) is 0 Å². The minimum Gasteiger partial charge on any atom is -0.448 e. The van der Waals surface area contributed by atoms with Crippen molar-refractivity contribution in [1.82, 2.24) is 4.98 Å². The summed E-state index contributed by atoms with van der Waals surface area (Å²) in [6.07, 6.45) is 2.48. The molecule has 62 valence electrons. The molecule has 1 rings (SSSR count). The van der Waals surface area contributed by atoms with E-state index in [-0.39, 0.29) is 0 Å². The van der Waals surface area contributed by atoms with Crippen LogP contribution in [0.15, 0.2) is 10.7 Å². The van der Waals surface area contributed by atoms with Gasteiger partial charge < -0.3 is 10.2 Å². The van der Waals surface area contributed by atoms with E-state index in [2.05, 4.69) is 18.8 Å². The Morgan fingerprint density at radius 3 is 2.82 bits per heavy atom. The highest BCUT2D eigenvalue weighted by Crippen LogP contribution is 2.12. The molecule has 0 unspecified atom stereocenters. The Kier molecular flexibility index (Phi) is 2.65. The fraction of sp³-hybridized carbons (Fsp3) is 0.625. The summed E-state index contributed by atoms with van der Waals surface area (Å²) in [5.74, 6) is 1.16. The molecule has 0 spiro atoms. The third-order valence-electron chi connectivity index (χ3n) is 1.46. The average molecular weight is 154 g/mol. The molecule has 0 bridgehead atoms. The molecule has 3 heteroatoms. The van der Waals surface area contributed by atoms with Gasteiger partial charge in [0.25, 0.3) is 0 Å². The van der Waals surface area contributed by atoms with Crippen molar-refractivity contribution < 1.29 is 4.42 Å². The first-order chi connectivity index (χ1) is 5.24. The molecule has 0 saturated heterocycles. The largest absolute Gasteiger partial charge is 0.448 e. The van der Waals surface area contributed by atoms with Gasteiger partial charge in [-0.1, -0.05) is 13.8 Å². The van der Waals surface area contributed by atoms with Crippen molar-refractivity contribution >= 4 is 0 Å². The summed E-state index contributed by atoms with van der Waals surface area (Å²) in [5, 5.41) is 0. The molecule has 0 aliphatic carbocycles. The van der Waals surface area contributed by atoms with Crippen LogP contribution >= 0.6 is 0 Å². The average Bonchev–Trinajstić information content (AvgIpc) is 2.37. The number of aromatic nitrogens is 1. The van der Waals surface area contributed by atoms with Crippen LogP contribution < -0.4 is 5.73 Å². The Hall–Kier alpha value is -0.830. The normalized spacial score (nSPS) is 10.9. The topological polar surface area (TPSA) is 52.0 Å². The molecule has 0 aliphatic rings. The van der Waals surface area contributed by atoms with E-state index in [9.17, 15) is 0 Å². The zero-order valence-electron chi connectivity index (χ0n) is 7.00. The highest BCUT2D eigenvalue weighted by atomic mass is 16.3. The number of hydrogen-bond acceptors (Lipinski definition) is 3. The van der Waals surface area contributed by atoms with E-state index in [0.29, 0.717) is 12.5 Å². The van der Waals surface area contributed by atoms with Gasteiger partial charge in [0, 0.05) is 12.3 Å². The van der Waals surface area contributed by atoms with Gasteiger partial charge in [0.1, 0.15) is 6.26 Å². The molecule has 0 radical (unpaired) electrons. The quantitative estimate of drug-likeness (QED) is 0.714. The summed E-state index contributed by atoms with van der Waals surface area (Å²) in [7, 11) is 0. The van der Waals surface area contributed by atoms with Crippen molar-refractivity contribution in [2.24, 2.45) is 5.73 Å². The second-order valence-electron chi connectivity index (χ2n) is 2.87. The van der Waals surface area contributed by atoms with Gasteiger partial charge in [-0.2, -0.15) is 0 Å². The van der Waals surface area contributed by atoms with Crippen LogP contribution in [0.25, 0.3) is 0 Å². The molecule has 2 N–H and O–H groups in total. The Bertz CT molecular complexity index is 218. The maximum absolute atomic E-state index is 5.36. The standard InChI is InChI=1S/C8H14N2O/c1-6(2)8-10-7(3-4-9)5-11-8/h5-6H,3-4,9H2,1-2H3. The van der Waals surface area contributed by atoms with Crippen LogP contribution in [0, 0.1) is 0 Å². The fourth-order valence-electron chi connectivity index (χ4n) is 0.851. The summed E-state index contributed by atoms with van der Waals surface area (Å²) in [5.41, 5.74) is 6.32. The van der Waals surface area contributed by atoms with Gasteiger partial charge in [0.2, 0.25) is 0 Å². The van der Waals surface area contributed by atoms with Gasteiger partial charge in [-0.3, -0.25) is 0 Å². The Labute approximate surface area is 66.6 Å². The molecule has 1 aromatic rings. The zero-order valence-corrected chi connectivity index (χ0v) is 7.00. The number of hydrogen-bond donors (Lipinski definition) is 1. The number of nitrogens with two attached hydrogens (primary N) is 1. The third kappa shape index (κ3) is 2.05. The minimum absolute atomic E-state index is 0.363. The van der Waals surface area contributed by atoms with E-state index >= 15 is 0 Å². The smallest absolute Gasteiger partial charge is 0.196 e. The van der Waals surface area contributed by atoms with Crippen LogP contribution in [0.3, 0.4) is 0 Å². The second kappa shape index (κ2) is 3.53. The van der Waals surface area contributed by atoms with E-state index in [1.165, 1.54) is 0 Å². The number of nitrogens with zero attached hydrogens (tertiary/aromatic N) is 1. The Balaban J connectivity index is 2.66. The van der Waals surface area contributed by atoms with Crippen molar-refractivity contribution in [2.45, 2.75) is 26.2 Å². The maximum atomic E-state index is 5.36. The van der Waals surface area contributed by atoms with Gasteiger partial charge >= 0.3 is 0 Å². The molecule has 3 nitrogen and oxygen atoms in total. The van der Waals surface area contributed by atoms with Crippen LogP contribution in [0.5, 0.6) is 0 Å². The molecule has 0 fully saturated rings. The van der Waals surface area contributed by atoms with Crippen molar-refractivity contribution in [1.29, 1.82) is 0 Å². The fourth-order valence-corrected chi connectivity index (χ4v) is 0.851. The number of rotatable bonds is 3. The molecular weight excluding hydrogens is 140 g/mol. The molecule has 0 aromatic carbocycles. The summed E-state index contributed by atoms with van der Waals surface area (Å²) in [6, 6.07) is 0. The van der Waals surface area contributed by atoms with Gasteiger partial charge in [0.15, 0.2) is 5.89 Å². The van der Waals surface area contributed by atoms with Gasteiger partial charge in [-0.15, -0.1) is 0 Å². The lowest BCUT2D eigenvalue weighted by Gasteiger charge is -1.94. The first-order valence-corrected chi connectivity index (χ1v) is 3.88. The summed E-state index contributed by atoms with van der Waals surface area (Å²) in [4.78, 5) is 4.25. The van der Waals surface area contributed by atoms with Crippen molar-refractivity contribution in [2.75, 3.05) is 6.54 Å². The molecular formula is C8H14N2O. The summed E-state index contributed by atoms with van der Waals surface area (Å²) < 4.78 is 5.21. The molecule has 0 atom stereocenters. The van der Waals surface area contributed by atoms with Gasteiger partial charge in [-0.25, -0.2) is 4.98 Å². The maximum Gasteiger partial charge on any atom is 0.196 e. The third-order valence-corrected chi connectivity index (χ3v) is 1.46. The molecule has 1 heterocycles. The van der Waals surface area contributed by atoms with Gasteiger partial charge in [0.05, 0.1) is 5.69 Å². The van der Waals surface area contributed by atoms with E-state index in [1.54, 1.807) is 6.26 Å². The molecule has 1 aromatic heterocycles. The van der Waals surface area contributed by atoms with Crippen LogP contribution in [0.4, 0.5) is 0 Å². The molecule has 0 saturated carbocycles. The molecule has 0 aliphatic heterocycles. The van der Waals surface area contributed by atoms with E-state index in [4.69, 9.17) is 10.2 Å². The highest BCUT2D eigenvalue weighted by Gasteiger charge is 2.06. The SMILES string of the molecule is CC(C)c1nc(CCN)co1. The van der Waals surface area contributed by atoms with E-state index in [0.717, 1.165) is 18.0 Å². The van der Waals surface area contributed by atoms with Crippen LogP contribution in [-0.4, -0.2) is 11.5 Å². The van der Waals surface area contributed by atoms with Crippen molar-refractivity contribution in [3.8, 4) is 0 Å². The zero-order chi connectivity index (χ0) is 8.27. The van der Waals surface area contributed by atoms with E-state index < -0.39 is 0 Å². The van der Waals surface area contributed by atoms with Crippen LogP contribution in [-0.2, 0) is 6.42 Å². The first-order valence-electron chi connectivity index (χ1n) is 3.88. The van der Waals surface area contributed by atoms with Crippen LogP contribution in [0.1, 0.15) is 31.4 Å². The molecule has 11 heavy (non-hydrogen) atoms. The highest BCUT2D eigenvalue weighted by molar-refractivity contribution is 4.99. The predicted octanol–water partition coefficient (Wildman–Crippen LogP) is 1.30. The lowest BCUT2D eigenvalue weighted by Crippen LogP contribution is -2.02. The molecule has 0 amide bonds. The predicted molar refractivity (Wildman–Crippen MR) is 43.4 cm³/mol. The monoisotopic (exact) mass is 154 g/mol. The van der Waals surface area contributed by atoms with Crippen molar-refractivity contribution in [3.05, 3.63) is 17.8 Å². The minimum atomic E-state index is 0.363. The van der Waals surface area contributed by atoms with Gasteiger partial charge in [-0.05, 0) is 6.54 Å². The summed E-state index contributed by atoms with van der Waals surface area (Å²) in [6.45, 7) is 4.74. The second-order valence-corrected chi connectivity index (χ2v) is 2.87. The van der Waals surface area contributed by atoms with Crippen LogP contribution in [0.2, 0.25) is 0 Å². The first kappa shape index (κ1) is 8.27. The number of oxazole rings is 1.